The minimum absolute atomic E-state index is 0.0229. The van der Waals surface area contributed by atoms with Crippen LogP contribution in [0.3, 0.4) is 0 Å². The molecule has 5 heterocycles. The second-order valence-corrected chi connectivity index (χ2v) is 16.7. The average Bonchev–Trinajstić information content (AvgIpc) is 3.66. The molecule has 13 nitrogen and oxygen atoms in total. The molecule has 0 aromatic carbocycles. The van der Waals surface area contributed by atoms with Crippen LogP contribution in [0.15, 0.2) is 34.5 Å². The van der Waals surface area contributed by atoms with Gasteiger partial charge in [-0.25, -0.2) is 0 Å². The Morgan fingerprint density at radius 1 is 0.963 bits per heavy atom. The molecule has 0 aromatic heterocycles. The van der Waals surface area contributed by atoms with E-state index in [2.05, 4.69) is 20.1 Å². The van der Waals surface area contributed by atoms with E-state index in [0.717, 1.165) is 43.1 Å². The summed E-state index contributed by atoms with van der Waals surface area (Å²) in [6.07, 6.45) is -1.14. The first-order chi connectivity index (χ1) is 25.9. The summed E-state index contributed by atoms with van der Waals surface area (Å²) in [7, 11) is 1.56. The number of ether oxygens (including phenoxy) is 6. The monoisotopic (exact) mass is 876 g/mol. The molecule has 7 unspecified atom stereocenters. The Labute approximate surface area is 332 Å². The third-order valence-corrected chi connectivity index (χ3v) is 12.5. The zero-order chi connectivity index (χ0) is 39.1. The lowest BCUT2D eigenvalue weighted by molar-refractivity contribution is -0.273. The molecule has 5 aliphatic rings. The highest BCUT2D eigenvalue weighted by atomic mass is 127. The molecule has 5 N–H and O–H groups in total. The molecular formula is C40H61IO13. The molecule has 5 fully saturated rings. The SMILES string of the molecule is C=C1C[C@H](CCC=O)O[C@H]1CC[C@H]1C[C@@H](C)C(=C)[C@@H](C[C@@H]2O[C@H](CC(O)CO)[C@H](OC)C2CC(=O)C[C@H]2CCC3OC(C(O)/C=C/I)C(O)C(O)[C@H]3O2)O1. The van der Waals surface area contributed by atoms with Crippen molar-refractivity contribution < 1.29 is 63.5 Å². The largest absolute Gasteiger partial charge is 0.394 e. The summed E-state index contributed by atoms with van der Waals surface area (Å²) in [5, 5.41) is 52.0. The van der Waals surface area contributed by atoms with Crippen LogP contribution in [0.4, 0.5) is 0 Å². The Morgan fingerprint density at radius 3 is 2.43 bits per heavy atom. The van der Waals surface area contributed by atoms with Gasteiger partial charge in [-0.3, -0.25) is 4.79 Å². The Kier molecular flexibility index (Phi) is 16.7. The predicted octanol–water partition coefficient (Wildman–Crippen LogP) is 3.04. The number of aliphatic hydroxyl groups is 5. The number of Topliss-reactive ketones (excluding diaryl/α,β-unsaturated/α-hetero) is 1. The van der Waals surface area contributed by atoms with E-state index in [1.807, 2.05) is 22.6 Å². The van der Waals surface area contributed by atoms with Gasteiger partial charge in [-0.15, -0.1) is 0 Å². The highest BCUT2D eigenvalue weighted by Gasteiger charge is 2.51. The minimum atomic E-state index is -1.37. The molecule has 0 aliphatic carbocycles. The zero-order valence-corrected chi connectivity index (χ0v) is 33.7. The molecule has 306 valence electrons. The van der Waals surface area contributed by atoms with Crippen LogP contribution in [0.2, 0.25) is 0 Å². The van der Waals surface area contributed by atoms with E-state index in [0.29, 0.717) is 32.1 Å². The second kappa shape index (κ2) is 20.5. The van der Waals surface area contributed by atoms with Crippen molar-refractivity contribution in [3.05, 3.63) is 34.5 Å². The van der Waals surface area contributed by atoms with Crippen molar-refractivity contribution in [2.45, 2.75) is 176 Å². The first kappa shape index (κ1) is 44.0. The van der Waals surface area contributed by atoms with Crippen LogP contribution in [0.1, 0.15) is 84.0 Å². The Hall–Kier alpha value is -1.15. The van der Waals surface area contributed by atoms with Crippen molar-refractivity contribution in [2.24, 2.45) is 11.8 Å². The van der Waals surface area contributed by atoms with E-state index in [-0.39, 0.29) is 61.3 Å². The van der Waals surface area contributed by atoms with Gasteiger partial charge in [0.15, 0.2) is 0 Å². The van der Waals surface area contributed by atoms with Gasteiger partial charge in [-0.2, -0.15) is 0 Å². The molecule has 5 saturated heterocycles. The Balaban J connectivity index is 1.21. The van der Waals surface area contributed by atoms with Gasteiger partial charge in [-0.05, 0) is 72.2 Å². The minimum Gasteiger partial charge on any atom is -0.394 e. The molecule has 5 aliphatic heterocycles. The molecule has 14 heteroatoms. The number of rotatable bonds is 18. The number of aldehydes is 1. The van der Waals surface area contributed by atoms with Crippen LogP contribution in [0.5, 0.6) is 0 Å². The summed E-state index contributed by atoms with van der Waals surface area (Å²) in [5.74, 6) is -0.258. The number of hydrogen-bond acceptors (Lipinski definition) is 13. The maximum absolute atomic E-state index is 13.8. The topological polar surface area (TPSA) is 191 Å². The highest BCUT2D eigenvalue weighted by molar-refractivity contribution is 14.1. The van der Waals surface area contributed by atoms with E-state index >= 15 is 0 Å². The van der Waals surface area contributed by atoms with Crippen LogP contribution in [-0.4, -0.2) is 143 Å². The maximum atomic E-state index is 13.8. The quantitative estimate of drug-likeness (QED) is 0.0769. The summed E-state index contributed by atoms with van der Waals surface area (Å²) in [5.41, 5.74) is 2.01. The maximum Gasteiger partial charge on any atom is 0.135 e. The Bertz CT molecular complexity index is 1290. The molecule has 0 amide bonds. The molecule has 17 atom stereocenters. The number of carbonyl (C=O) groups excluding carboxylic acids is 2. The summed E-state index contributed by atoms with van der Waals surface area (Å²) < 4.78 is 39.1. The molecular weight excluding hydrogens is 815 g/mol. The van der Waals surface area contributed by atoms with E-state index in [1.165, 1.54) is 6.08 Å². The van der Waals surface area contributed by atoms with E-state index < -0.39 is 73.8 Å². The van der Waals surface area contributed by atoms with Crippen molar-refractivity contribution >= 4 is 34.7 Å². The van der Waals surface area contributed by atoms with Crippen LogP contribution < -0.4 is 0 Å². The summed E-state index contributed by atoms with van der Waals surface area (Å²) in [6.45, 7) is 10.3. The van der Waals surface area contributed by atoms with E-state index in [9.17, 15) is 35.1 Å². The third kappa shape index (κ3) is 10.9. The van der Waals surface area contributed by atoms with Crippen molar-refractivity contribution in [1.82, 2.24) is 0 Å². The number of carbonyl (C=O) groups is 2. The van der Waals surface area contributed by atoms with Crippen molar-refractivity contribution in [1.29, 1.82) is 0 Å². The molecule has 0 aromatic rings. The number of fused-ring (bicyclic) bond motifs is 1. The van der Waals surface area contributed by atoms with Crippen LogP contribution in [0, 0.1) is 11.8 Å². The van der Waals surface area contributed by atoms with Gasteiger partial charge < -0.3 is 58.7 Å². The van der Waals surface area contributed by atoms with Gasteiger partial charge in [0.25, 0.3) is 0 Å². The van der Waals surface area contributed by atoms with Gasteiger partial charge >= 0.3 is 0 Å². The van der Waals surface area contributed by atoms with E-state index in [4.69, 9.17) is 28.4 Å². The molecule has 54 heavy (non-hydrogen) atoms. The van der Waals surface area contributed by atoms with Crippen LogP contribution in [0.25, 0.3) is 0 Å². The van der Waals surface area contributed by atoms with Gasteiger partial charge in [-0.1, -0.05) is 42.7 Å². The number of ketones is 1. The van der Waals surface area contributed by atoms with Crippen LogP contribution >= 0.6 is 22.6 Å². The fourth-order valence-corrected chi connectivity index (χ4v) is 9.55. The highest BCUT2D eigenvalue weighted by Crippen LogP contribution is 2.42. The average molecular weight is 877 g/mol. The smallest absolute Gasteiger partial charge is 0.135 e. The lowest BCUT2D eigenvalue weighted by Crippen LogP contribution is -2.63. The first-order valence-electron chi connectivity index (χ1n) is 19.6. The summed E-state index contributed by atoms with van der Waals surface area (Å²) >= 11 is 1.96. The molecule has 0 bridgehead atoms. The fraction of sp³-hybridized carbons (Fsp3) is 0.800. The van der Waals surface area contributed by atoms with Gasteiger partial charge in [0.2, 0.25) is 0 Å². The second-order valence-electron chi connectivity index (χ2n) is 16.0. The summed E-state index contributed by atoms with van der Waals surface area (Å²) in [6, 6.07) is 0. The van der Waals surface area contributed by atoms with Crippen molar-refractivity contribution in [3.63, 3.8) is 0 Å². The molecule has 0 saturated carbocycles. The predicted molar refractivity (Wildman–Crippen MR) is 206 cm³/mol. The van der Waals surface area contributed by atoms with E-state index in [1.54, 1.807) is 11.2 Å². The van der Waals surface area contributed by atoms with Gasteiger partial charge in [0.05, 0.1) is 67.6 Å². The molecule has 0 radical (unpaired) electrons. The third-order valence-electron chi connectivity index (χ3n) is 12.1. The fourth-order valence-electron chi connectivity index (χ4n) is 9.13. The number of methoxy groups -OCH3 is 1. The normalized spacial score (nSPS) is 41.2. The lowest BCUT2D eigenvalue weighted by Gasteiger charge is -2.47. The molecule has 5 rings (SSSR count). The lowest BCUT2D eigenvalue weighted by atomic mass is 9.81. The standard InChI is InChI=1S/C40H61IO13/c1-21-14-27(7-9-31-22(2)15-26(50-31)6-5-13-42)51-33(23(21)3)19-34-29(38(49-4)35(53-34)18-25(45)20-43)17-24(44)16-28-8-10-32-40(52-28)37(48)36(47)39(54-32)30(46)11-12-41/h11-13,21,25-40,43,45-48H,2-3,5-10,14-20H2,1,4H3/b12-11+/t21-,25?,26+,27+,28-,29?,30?,31+,32?,33-,34+,35-,36?,37?,38-,39?,40+/m1/s1. The number of hydrogen-bond donors (Lipinski definition) is 5. The summed E-state index contributed by atoms with van der Waals surface area (Å²) in [4.78, 5) is 24.7. The van der Waals surface area contributed by atoms with Gasteiger partial charge in [0.1, 0.15) is 42.6 Å². The Morgan fingerprint density at radius 2 is 1.72 bits per heavy atom. The first-order valence-corrected chi connectivity index (χ1v) is 20.8. The van der Waals surface area contributed by atoms with Gasteiger partial charge in [0, 0.05) is 45.1 Å². The molecule has 0 spiro atoms. The van der Waals surface area contributed by atoms with Crippen molar-refractivity contribution in [3.8, 4) is 0 Å². The van der Waals surface area contributed by atoms with Crippen LogP contribution in [-0.2, 0) is 38.0 Å². The zero-order valence-electron chi connectivity index (χ0n) is 31.5. The number of halogens is 1. The van der Waals surface area contributed by atoms with Crippen molar-refractivity contribution in [2.75, 3.05) is 13.7 Å². The number of aliphatic hydroxyl groups excluding tert-OH is 5.